The lowest BCUT2D eigenvalue weighted by molar-refractivity contribution is 0.0371. The molecule has 0 N–H and O–H groups in total. The van der Waals surface area contributed by atoms with Gasteiger partial charge < -0.3 is 4.74 Å². The van der Waals surface area contributed by atoms with Crippen molar-refractivity contribution in [1.82, 2.24) is 4.98 Å². The fraction of sp³-hybridized carbons (Fsp3) is 0.538. The van der Waals surface area contributed by atoms with Crippen LogP contribution < -0.4 is 0 Å². The molecular weight excluding hydrogens is 202 g/mol. The molecule has 88 valence electrons. The summed E-state index contributed by atoms with van der Waals surface area (Å²) in [6, 6.07) is 3.63. The lowest BCUT2D eigenvalue weighted by Gasteiger charge is -2.18. The van der Waals surface area contributed by atoms with Gasteiger partial charge in [-0.25, -0.2) is 9.78 Å². The first-order valence-electron chi connectivity index (χ1n) is 5.48. The van der Waals surface area contributed by atoms with E-state index in [1.165, 1.54) is 0 Å². The van der Waals surface area contributed by atoms with Gasteiger partial charge in [-0.15, -0.1) is 0 Å². The number of hydrogen-bond acceptors (Lipinski definition) is 3. The van der Waals surface area contributed by atoms with Crippen molar-refractivity contribution in [2.24, 2.45) is 0 Å². The van der Waals surface area contributed by atoms with E-state index in [0.29, 0.717) is 5.69 Å². The number of rotatable bonds is 2. The number of carbonyl (C=O) groups is 1. The van der Waals surface area contributed by atoms with Crippen molar-refractivity contribution in [2.45, 2.75) is 46.1 Å². The van der Waals surface area contributed by atoms with Gasteiger partial charge in [0.1, 0.15) is 5.69 Å². The monoisotopic (exact) mass is 221 g/mol. The highest BCUT2D eigenvalue weighted by Gasteiger charge is 2.16. The van der Waals surface area contributed by atoms with Crippen molar-refractivity contribution >= 4 is 5.97 Å². The summed E-state index contributed by atoms with van der Waals surface area (Å²) >= 11 is 0. The highest BCUT2D eigenvalue weighted by molar-refractivity contribution is 5.87. The average Bonchev–Trinajstić information content (AvgIpc) is 2.15. The van der Waals surface area contributed by atoms with Crippen LogP contribution in [0.2, 0.25) is 0 Å². The first-order valence-corrected chi connectivity index (χ1v) is 5.48. The summed E-state index contributed by atoms with van der Waals surface area (Å²) in [6.07, 6.45) is 1.62. The maximum Gasteiger partial charge on any atom is 0.357 e. The van der Waals surface area contributed by atoms with E-state index in [1.807, 2.05) is 19.9 Å². The zero-order valence-corrected chi connectivity index (χ0v) is 10.6. The van der Waals surface area contributed by atoms with E-state index < -0.39 is 0 Å². The van der Waals surface area contributed by atoms with Gasteiger partial charge in [0, 0.05) is 6.20 Å². The summed E-state index contributed by atoms with van der Waals surface area (Å²) in [5, 5.41) is 0. The van der Waals surface area contributed by atoms with E-state index in [-0.39, 0.29) is 17.5 Å². The van der Waals surface area contributed by atoms with Crippen LogP contribution >= 0.6 is 0 Å². The second kappa shape index (κ2) is 4.64. The molecule has 0 saturated heterocycles. The van der Waals surface area contributed by atoms with Gasteiger partial charge in [0.25, 0.3) is 0 Å². The Morgan fingerprint density at radius 1 is 1.31 bits per heavy atom. The maximum atomic E-state index is 11.5. The third-order valence-electron chi connectivity index (χ3n) is 2.18. The summed E-state index contributed by atoms with van der Waals surface area (Å²) in [7, 11) is 0. The second-order valence-electron chi connectivity index (χ2n) is 5.14. The molecule has 0 radical (unpaired) electrons. The first kappa shape index (κ1) is 12.7. The van der Waals surface area contributed by atoms with Crippen molar-refractivity contribution < 1.29 is 9.53 Å². The Morgan fingerprint density at radius 3 is 2.31 bits per heavy atom. The molecule has 0 atom stereocenters. The molecule has 0 aliphatic carbocycles. The Bertz CT molecular complexity index is 361. The molecule has 0 aromatic carbocycles. The summed E-state index contributed by atoms with van der Waals surface area (Å²) in [5.74, 6) is -0.365. The van der Waals surface area contributed by atoms with Gasteiger partial charge in [-0.2, -0.15) is 0 Å². The number of nitrogens with zero attached hydrogens (tertiary/aromatic N) is 1. The van der Waals surface area contributed by atoms with Gasteiger partial charge in [-0.05, 0) is 30.9 Å². The molecule has 0 amide bonds. The SMILES string of the molecule is CC(C)OC(=O)c1ccc(C(C)(C)C)cn1. The Balaban J connectivity index is 2.83. The lowest BCUT2D eigenvalue weighted by atomic mass is 9.88. The molecule has 0 spiro atoms. The van der Waals surface area contributed by atoms with Crippen molar-refractivity contribution in [3.8, 4) is 0 Å². The van der Waals surface area contributed by atoms with Crippen molar-refractivity contribution in [2.75, 3.05) is 0 Å². The minimum absolute atomic E-state index is 0.0491. The Labute approximate surface area is 96.8 Å². The minimum Gasteiger partial charge on any atom is -0.458 e. The Morgan fingerprint density at radius 2 is 1.94 bits per heavy atom. The van der Waals surface area contributed by atoms with Crippen LogP contribution in [0.15, 0.2) is 18.3 Å². The molecule has 1 aromatic rings. The second-order valence-corrected chi connectivity index (χ2v) is 5.14. The fourth-order valence-corrected chi connectivity index (χ4v) is 1.23. The zero-order valence-electron chi connectivity index (χ0n) is 10.6. The Hall–Kier alpha value is -1.38. The zero-order chi connectivity index (χ0) is 12.3. The van der Waals surface area contributed by atoms with Crippen molar-refractivity contribution in [3.63, 3.8) is 0 Å². The van der Waals surface area contributed by atoms with E-state index >= 15 is 0 Å². The summed E-state index contributed by atoms with van der Waals surface area (Å²) < 4.78 is 5.06. The fourth-order valence-electron chi connectivity index (χ4n) is 1.23. The van der Waals surface area contributed by atoms with Crippen LogP contribution in [0.1, 0.15) is 50.7 Å². The quantitative estimate of drug-likeness (QED) is 0.721. The molecular formula is C13H19NO2. The molecule has 0 fully saturated rings. The number of pyridine rings is 1. The highest BCUT2D eigenvalue weighted by atomic mass is 16.5. The summed E-state index contributed by atoms with van der Waals surface area (Å²) in [4.78, 5) is 15.7. The minimum atomic E-state index is -0.365. The topological polar surface area (TPSA) is 39.2 Å². The third kappa shape index (κ3) is 3.33. The molecule has 0 aliphatic rings. The molecule has 0 saturated carbocycles. The van der Waals surface area contributed by atoms with E-state index in [9.17, 15) is 4.79 Å². The van der Waals surface area contributed by atoms with Crippen molar-refractivity contribution in [1.29, 1.82) is 0 Å². The van der Waals surface area contributed by atoms with Gasteiger partial charge >= 0.3 is 5.97 Å². The number of carbonyl (C=O) groups excluding carboxylic acids is 1. The summed E-state index contributed by atoms with van der Waals surface area (Å²) in [6.45, 7) is 9.96. The first-order chi connectivity index (χ1) is 7.30. The van der Waals surface area contributed by atoms with Gasteiger partial charge in [0.2, 0.25) is 0 Å². The maximum absolute atomic E-state index is 11.5. The smallest absolute Gasteiger partial charge is 0.357 e. The highest BCUT2D eigenvalue weighted by Crippen LogP contribution is 2.21. The molecule has 3 heteroatoms. The number of aromatic nitrogens is 1. The van der Waals surface area contributed by atoms with Gasteiger partial charge in [0.05, 0.1) is 6.10 Å². The molecule has 1 rings (SSSR count). The number of esters is 1. The summed E-state index contributed by atoms with van der Waals surface area (Å²) in [5.41, 5.74) is 1.52. The van der Waals surface area contributed by atoms with Crippen LogP contribution in [0.25, 0.3) is 0 Å². The molecule has 16 heavy (non-hydrogen) atoms. The lowest BCUT2D eigenvalue weighted by Crippen LogP contribution is -2.15. The standard InChI is InChI=1S/C13H19NO2/c1-9(2)16-12(15)11-7-6-10(8-14-11)13(3,4)5/h6-9H,1-5H3. The predicted octanol–water partition coefficient (Wildman–Crippen LogP) is 2.94. The molecule has 0 aliphatic heterocycles. The average molecular weight is 221 g/mol. The molecule has 3 nitrogen and oxygen atoms in total. The van der Waals surface area contributed by atoms with E-state index in [0.717, 1.165) is 5.56 Å². The van der Waals surface area contributed by atoms with Gasteiger partial charge in [0.15, 0.2) is 0 Å². The van der Waals surface area contributed by atoms with E-state index in [2.05, 4.69) is 25.8 Å². The number of ether oxygens (including phenoxy) is 1. The normalized spacial score (nSPS) is 11.6. The van der Waals surface area contributed by atoms with Gasteiger partial charge in [-0.3, -0.25) is 0 Å². The number of hydrogen-bond donors (Lipinski definition) is 0. The van der Waals surface area contributed by atoms with Crippen molar-refractivity contribution in [3.05, 3.63) is 29.6 Å². The largest absolute Gasteiger partial charge is 0.458 e. The molecule has 0 unspecified atom stereocenters. The van der Waals surface area contributed by atoms with Crippen LogP contribution in [0.4, 0.5) is 0 Å². The molecule has 0 bridgehead atoms. The van der Waals surface area contributed by atoms with Gasteiger partial charge in [-0.1, -0.05) is 26.8 Å². The van der Waals surface area contributed by atoms with E-state index in [4.69, 9.17) is 4.74 Å². The Kier molecular flexibility index (Phi) is 3.68. The van der Waals surface area contributed by atoms with Crippen LogP contribution in [0.5, 0.6) is 0 Å². The molecule has 1 aromatic heterocycles. The van der Waals surface area contributed by atoms with E-state index in [1.54, 1.807) is 12.3 Å². The van der Waals surface area contributed by atoms with Crippen LogP contribution in [0.3, 0.4) is 0 Å². The van der Waals surface area contributed by atoms with Crippen LogP contribution in [-0.2, 0) is 10.2 Å². The third-order valence-corrected chi connectivity index (χ3v) is 2.18. The molecule has 1 heterocycles. The van der Waals surface area contributed by atoms with Crippen LogP contribution in [-0.4, -0.2) is 17.1 Å². The van der Waals surface area contributed by atoms with Crippen LogP contribution in [0, 0.1) is 0 Å². The predicted molar refractivity (Wildman–Crippen MR) is 63.5 cm³/mol.